The molecule has 32 heavy (non-hydrogen) atoms. The van der Waals surface area contributed by atoms with Crippen LogP contribution in [0.2, 0.25) is 5.02 Å². The molecule has 2 heterocycles. The summed E-state index contributed by atoms with van der Waals surface area (Å²) in [6.45, 7) is 4.27. The van der Waals surface area contributed by atoms with Crippen LogP contribution in [0.5, 0.6) is 5.75 Å². The number of carbonyl (C=O) groups excluding carboxylic acids is 1. The standard InChI is InChI=1S/C24H27ClN4O2S/c1-16-8-7-9-17(2)28(16)22(30)15-32-24-27-26-23(18-10-5-4-6-11-18)29(24)19-12-13-21(31-3)20(25)14-19/h4-6,10-14,16-17H,7-9,15H2,1-3H3. The van der Waals surface area contributed by atoms with Gasteiger partial charge < -0.3 is 9.64 Å². The van der Waals surface area contributed by atoms with E-state index in [4.69, 9.17) is 16.3 Å². The highest BCUT2D eigenvalue weighted by molar-refractivity contribution is 7.99. The third-order valence-electron chi connectivity index (χ3n) is 5.87. The molecule has 2 unspecified atom stereocenters. The molecule has 1 aliphatic rings. The van der Waals surface area contributed by atoms with Crippen molar-refractivity contribution >= 4 is 29.3 Å². The average molecular weight is 471 g/mol. The van der Waals surface area contributed by atoms with Gasteiger partial charge in [0.05, 0.1) is 23.6 Å². The number of aromatic nitrogens is 3. The molecule has 0 aliphatic carbocycles. The normalized spacial score (nSPS) is 18.6. The first kappa shape index (κ1) is 22.7. The minimum atomic E-state index is 0.137. The lowest BCUT2D eigenvalue weighted by atomic mass is 9.98. The summed E-state index contributed by atoms with van der Waals surface area (Å²) < 4.78 is 7.25. The maximum absolute atomic E-state index is 13.1. The van der Waals surface area contributed by atoms with Crippen molar-refractivity contribution in [2.45, 2.75) is 50.4 Å². The molecule has 2 atom stereocenters. The van der Waals surface area contributed by atoms with Crippen LogP contribution >= 0.6 is 23.4 Å². The first-order valence-corrected chi connectivity index (χ1v) is 12.1. The van der Waals surface area contributed by atoms with Gasteiger partial charge in [-0.1, -0.05) is 53.7 Å². The van der Waals surface area contributed by atoms with E-state index in [1.807, 2.05) is 58.0 Å². The quantitative estimate of drug-likeness (QED) is 0.446. The minimum absolute atomic E-state index is 0.137. The highest BCUT2D eigenvalue weighted by Crippen LogP contribution is 2.33. The number of methoxy groups -OCH3 is 1. The number of likely N-dealkylation sites (tertiary alicyclic amines) is 1. The number of ether oxygens (including phenoxy) is 1. The lowest BCUT2D eigenvalue weighted by Crippen LogP contribution is -2.48. The molecule has 0 spiro atoms. The van der Waals surface area contributed by atoms with Gasteiger partial charge in [-0.15, -0.1) is 10.2 Å². The Hall–Kier alpha value is -2.51. The van der Waals surface area contributed by atoms with Gasteiger partial charge >= 0.3 is 0 Å². The van der Waals surface area contributed by atoms with E-state index in [2.05, 4.69) is 24.0 Å². The van der Waals surface area contributed by atoms with Crippen LogP contribution in [0.1, 0.15) is 33.1 Å². The molecule has 2 aromatic carbocycles. The van der Waals surface area contributed by atoms with Crippen LogP contribution in [0.15, 0.2) is 53.7 Å². The Morgan fingerprint density at radius 1 is 1.12 bits per heavy atom. The third kappa shape index (κ3) is 4.64. The molecule has 6 nitrogen and oxygen atoms in total. The van der Waals surface area contributed by atoms with E-state index in [-0.39, 0.29) is 18.0 Å². The Balaban J connectivity index is 1.66. The predicted molar refractivity (Wildman–Crippen MR) is 129 cm³/mol. The summed E-state index contributed by atoms with van der Waals surface area (Å²) in [4.78, 5) is 15.1. The molecule has 0 radical (unpaired) electrons. The largest absolute Gasteiger partial charge is 0.495 e. The second kappa shape index (κ2) is 9.96. The molecular weight excluding hydrogens is 444 g/mol. The molecule has 4 rings (SSSR count). The Kier molecular flexibility index (Phi) is 7.06. The Labute approximate surface area is 197 Å². The number of hydrogen-bond acceptors (Lipinski definition) is 5. The van der Waals surface area contributed by atoms with Crippen molar-refractivity contribution in [2.75, 3.05) is 12.9 Å². The summed E-state index contributed by atoms with van der Waals surface area (Å²) >= 11 is 7.81. The highest BCUT2D eigenvalue weighted by atomic mass is 35.5. The van der Waals surface area contributed by atoms with Crippen LogP contribution < -0.4 is 4.74 Å². The molecule has 1 aliphatic heterocycles. The summed E-state index contributed by atoms with van der Waals surface area (Å²) in [6.07, 6.45) is 3.28. The van der Waals surface area contributed by atoms with Gasteiger partial charge in [-0.3, -0.25) is 9.36 Å². The SMILES string of the molecule is COc1ccc(-n2c(SCC(=O)N3C(C)CCCC3C)nnc2-c2ccccc2)cc1Cl. The van der Waals surface area contributed by atoms with Crippen LogP contribution in [0, 0.1) is 0 Å². The topological polar surface area (TPSA) is 60.2 Å². The van der Waals surface area contributed by atoms with E-state index >= 15 is 0 Å². The van der Waals surface area contributed by atoms with Gasteiger partial charge in [0, 0.05) is 17.6 Å². The van der Waals surface area contributed by atoms with Crippen LogP contribution in [0.4, 0.5) is 0 Å². The lowest BCUT2D eigenvalue weighted by Gasteiger charge is -2.39. The van der Waals surface area contributed by atoms with Crippen molar-refractivity contribution in [1.29, 1.82) is 0 Å². The number of carbonyl (C=O) groups is 1. The number of nitrogens with zero attached hydrogens (tertiary/aromatic N) is 4. The van der Waals surface area contributed by atoms with E-state index in [0.29, 0.717) is 27.5 Å². The zero-order chi connectivity index (χ0) is 22.7. The molecule has 8 heteroatoms. The number of amides is 1. The summed E-state index contributed by atoms with van der Waals surface area (Å²) in [5, 5.41) is 10.0. The van der Waals surface area contributed by atoms with E-state index in [1.54, 1.807) is 7.11 Å². The van der Waals surface area contributed by atoms with Crippen LogP contribution in [0.3, 0.4) is 0 Å². The van der Waals surface area contributed by atoms with Crippen LogP contribution in [-0.2, 0) is 4.79 Å². The molecule has 1 saturated heterocycles. The maximum Gasteiger partial charge on any atom is 0.233 e. The molecule has 0 bridgehead atoms. The van der Waals surface area contributed by atoms with Crippen LogP contribution in [-0.4, -0.2) is 50.5 Å². The van der Waals surface area contributed by atoms with Gasteiger partial charge in [0.15, 0.2) is 11.0 Å². The number of thioether (sulfide) groups is 1. The van der Waals surface area contributed by atoms with Gasteiger partial charge in [0.1, 0.15) is 5.75 Å². The number of halogens is 1. The van der Waals surface area contributed by atoms with E-state index in [0.717, 1.165) is 24.1 Å². The molecule has 3 aromatic rings. The summed E-state index contributed by atoms with van der Waals surface area (Å²) in [5.41, 5.74) is 1.75. The minimum Gasteiger partial charge on any atom is -0.495 e. The number of piperidine rings is 1. The Bertz CT molecular complexity index is 1080. The number of rotatable bonds is 6. The van der Waals surface area contributed by atoms with E-state index < -0.39 is 0 Å². The molecule has 168 valence electrons. The number of hydrogen-bond donors (Lipinski definition) is 0. The zero-order valence-corrected chi connectivity index (χ0v) is 20.1. The van der Waals surface area contributed by atoms with Crippen molar-refractivity contribution in [3.05, 3.63) is 53.6 Å². The fourth-order valence-corrected chi connectivity index (χ4v) is 5.35. The highest BCUT2D eigenvalue weighted by Gasteiger charge is 2.29. The van der Waals surface area contributed by atoms with Gasteiger partial charge in [-0.2, -0.15) is 0 Å². The van der Waals surface area contributed by atoms with Crippen molar-refractivity contribution in [3.8, 4) is 22.8 Å². The zero-order valence-electron chi connectivity index (χ0n) is 18.5. The maximum atomic E-state index is 13.1. The van der Waals surface area contributed by atoms with Gasteiger partial charge in [-0.25, -0.2) is 0 Å². The summed E-state index contributed by atoms with van der Waals surface area (Å²) in [6, 6.07) is 16.0. The molecular formula is C24H27ClN4O2S. The molecule has 1 fully saturated rings. The van der Waals surface area contributed by atoms with Gasteiger partial charge in [-0.05, 0) is 51.3 Å². The Morgan fingerprint density at radius 2 is 1.84 bits per heavy atom. The van der Waals surface area contributed by atoms with Crippen molar-refractivity contribution in [1.82, 2.24) is 19.7 Å². The summed E-state index contributed by atoms with van der Waals surface area (Å²) in [7, 11) is 1.59. The van der Waals surface area contributed by atoms with E-state index in [9.17, 15) is 4.79 Å². The molecule has 1 aromatic heterocycles. The number of benzene rings is 2. The molecule has 0 N–H and O–H groups in total. The summed E-state index contributed by atoms with van der Waals surface area (Å²) in [5.74, 6) is 1.74. The third-order valence-corrected chi connectivity index (χ3v) is 7.07. The average Bonchev–Trinajstić information content (AvgIpc) is 3.22. The first-order valence-electron chi connectivity index (χ1n) is 10.8. The van der Waals surface area contributed by atoms with Crippen LogP contribution in [0.25, 0.3) is 17.1 Å². The first-order chi connectivity index (χ1) is 15.5. The monoisotopic (exact) mass is 470 g/mol. The second-order valence-electron chi connectivity index (χ2n) is 8.05. The lowest BCUT2D eigenvalue weighted by molar-refractivity contribution is -0.134. The molecule has 0 saturated carbocycles. The molecule has 1 amide bonds. The van der Waals surface area contributed by atoms with Crippen molar-refractivity contribution < 1.29 is 9.53 Å². The fourth-order valence-electron chi connectivity index (χ4n) is 4.28. The van der Waals surface area contributed by atoms with Crippen molar-refractivity contribution in [2.24, 2.45) is 0 Å². The van der Waals surface area contributed by atoms with Gasteiger partial charge in [0.2, 0.25) is 5.91 Å². The fraction of sp³-hybridized carbons (Fsp3) is 0.375. The Morgan fingerprint density at radius 3 is 2.50 bits per heavy atom. The predicted octanol–water partition coefficient (Wildman–Crippen LogP) is 5.48. The van der Waals surface area contributed by atoms with Gasteiger partial charge in [0.25, 0.3) is 0 Å². The van der Waals surface area contributed by atoms with Crippen molar-refractivity contribution in [3.63, 3.8) is 0 Å². The van der Waals surface area contributed by atoms with E-state index in [1.165, 1.54) is 18.2 Å². The second-order valence-corrected chi connectivity index (χ2v) is 9.39. The smallest absolute Gasteiger partial charge is 0.233 e.